The first-order valence-corrected chi connectivity index (χ1v) is 8.09. The van der Waals surface area contributed by atoms with Gasteiger partial charge in [0, 0.05) is 5.69 Å². The summed E-state index contributed by atoms with van der Waals surface area (Å²) in [4.78, 5) is 24.2. The van der Waals surface area contributed by atoms with Crippen molar-refractivity contribution in [3.63, 3.8) is 0 Å². The van der Waals surface area contributed by atoms with Gasteiger partial charge >= 0.3 is 5.97 Å². The molecule has 0 saturated carbocycles. The fraction of sp³-hybridized carbons (Fsp3) is 0.294. The third kappa shape index (κ3) is 4.18. The summed E-state index contributed by atoms with van der Waals surface area (Å²) in [5.74, 6) is -0.453. The second-order valence-electron chi connectivity index (χ2n) is 5.00. The molecule has 0 aliphatic carbocycles. The lowest BCUT2D eigenvalue weighted by atomic mass is 9.97. The van der Waals surface area contributed by atoms with Gasteiger partial charge in [-0.25, -0.2) is 4.79 Å². The summed E-state index contributed by atoms with van der Waals surface area (Å²) in [6.45, 7) is 3.93. The van der Waals surface area contributed by atoms with E-state index in [2.05, 4.69) is 19.2 Å². The third-order valence-electron chi connectivity index (χ3n) is 3.43. The second kappa shape index (κ2) is 7.75. The molecule has 1 heterocycles. The minimum absolute atomic E-state index is 0.286. The van der Waals surface area contributed by atoms with E-state index in [9.17, 15) is 9.59 Å². The van der Waals surface area contributed by atoms with E-state index in [1.54, 1.807) is 17.5 Å². The van der Waals surface area contributed by atoms with Gasteiger partial charge in [0.2, 0.25) is 0 Å². The van der Waals surface area contributed by atoms with Crippen LogP contribution in [0.4, 0.5) is 5.69 Å². The zero-order chi connectivity index (χ0) is 15.9. The minimum Gasteiger partial charge on any atom is -0.451 e. The SMILES string of the molecule is CCC(C)c1ccccc1NC(=O)COC(=O)c1cccs1. The van der Waals surface area contributed by atoms with E-state index in [0.717, 1.165) is 17.7 Å². The zero-order valence-corrected chi connectivity index (χ0v) is 13.5. The number of hydrogen-bond donors (Lipinski definition) is 1. The second-order valence-corrected chi connectivity index (χ2v) is 5.95. The van der Waals surface area contributed by atoms with Gasteiger partial charge in [0.05, 0.1) is 0 Å². The predicted octanol–water partition coefficient (Wildman–Crippen LogP) is 4.06. The Labute approximate surface area is 134 Å². The Morgan fingerprint density at radius 1 is 1.23 bits per heavy atom. The highest BCUT2D eigenvalue weighted by atomic mass is 32.1. The van der Waals surface area contributed by atoms with E-state index in [1.165, 1.54) is 11.3 Å². The van der Waals surface area contributed by atoms with Gasteiger partial charge in [-0.05, 0) is 35.4 Å². The lowest BCUT2D eigenvalue weighted by molar-refractivity contribution is -0.119. The number of benzene rings is 1. The van der Waals surface area contributed by atoms with Crippen LogP contribution in [0.5, 0.6) is 0 Å². The normalized spacial score (nSPS) is 11.7. The number of amides is 1. The first-order chi connectivity index (χ1) is 10.6. The maximum atomic E-state index is 12.0. The molecule has 1 N–H and O–H groups in total. The van der Waals surface area contributed by atoms with Gasteiger partial charge in [-0.1, -0.05) is 38.1 Å². The molecule has 1 amide bonds. The number of carbonyl (C=O) groups excluding carboxylic acids is 2. The van der Waals surface area contributed by atoms with E-state index < -0.39 is 5.97 Å². The monoisotopic (exact) mass is 317 g/mol. The number of nitrogens with one attached hydrogen (secondary N) is 1. The van der Waals surface area contributed by atoms with Crippen molar-refractivity contribution in [3.05, 3.63) is 52.2 Å². The van der Waals surface area contributed by atoms with Crippen molar-refractivity contribution in [3.8, 4) is 0 Å². The quantitative estimate of drug-likeness (QED) is 0.818. The number of ether oxygens (including phenoxy) is 1. The number of para-hydroxylation sites is 1. The van der Waals surface area contributed by atoms with Crippen molar-refractivity contribution in [1.29, 1.82) is 0 Å². The van der Waals surface area contributed by atoms with Crippen LogP contribution < -0.4 is 5.32 Å². The predicted molar refractivity (Wildman–Crippen MR) is 88.4 cm³/mol. The highest BCUT2D eigenvalue weighted by molar-refractivity contribution is 7.11. The van der Waals surface area contributed by atoms with Crippen molar-refractivity contribution >= 4 is 28.9 Å². The molecule has 4 nitrogen and oxygen atoms in total. The Bertz CT molecular complexity index is 637. The molecule has 1 atom stereocenters. The summed E-state index contributed by atoms with van der Waals surface area (Å²) >= 11 is 1.29. The lowest BCUT2D eigenvalue weighted by Crippen LogP contribution is -2.21. The zero-order valence-electron chi connectivity index (χ0n) is 12.7. The van der Waals surface area contributed by atoms with E-state index in [-0.39, 0.29) is 12.5 Å². The van der Waals surface area contributed by atoms with Crippen LogP contribution in [0.25, 0.3) is 0 Å². The Balaban J connectivity index is 1.94. The molecule has 0 saturated heterocycles. The van der Waals surface area contributed by atoms with Crippen molar-refractivity contribution in [1.82, 2.24) is 0 Å². The number of esters is 1. The maximum absolute atomic E-state index is 12.0. The number of carbonyl (C=O) groups is 2. The van der Waals surface area contributed by atoms with Gasteiger partial charge in [-0.15, -0.1) is 11.3 Å². The molecule has 5 heteroatoms. The van der Waals surface area contributed by atoms with Gasteiger partial charge < -0.3 is 10.1 Å². The van der Waals surface area contributed by atoms with Crippen LogP contribution in [0.15, 0.2) is 41.8 Å². The largest absolute Gasteiger partial charge is 0.451 e. The molecule has 2 aromatic rings. The van der Waals surface area contributed by atoms with Gasteiger partial charge in [-0.3, -0.25) is 4.79 Å². The molecule has 1 unspecified atom stereocenters. The first kappa shape index (κ1) is 16.2. The summed E-state index contributed by atoms with van der Waals surface area (Å²) in [6, 6.07) is 11.1. The molecule has 22 heavy (non-hydrogen) atoms. The van der Waals surface area contributed by atoms with Crippen LogP contribution in [0.1, 0.15) is 41.4 Å². The summed E-state index contributed by atoms with van der Waals surface area (Å²) in [5.41, 5.74) is 1.86. The van der Waals surface area contributed by atoms with Crippen LogP contribution in [-0.4, -0.2) is 18.5 Å². The number of anilines is 1. The molecule has 2 rings (SSSR count). The van der Waals surface area contributed by atoms with Crippen LogP contribution in [0.3, 0.4) is 0 Å². The van der Waals surface area contributed by atoms with Crippen LogP contribution in [0.2, 0.25) is 0 Å². The molecular formula is C17H19NO3S. The van der Waals surface area contributed by atoms with Gasteiger partial charge in [0.1, 0.15) is 4.88 Å². The molecule has 1 aromatic heterocycles. The van der Waals surface area contributed by atoms with E-state index in [1.807, 2.05) is 24.3 Å². The van der Waals surface area contributed by atoms with Crippen molar-refractivity contribution < 1.29 is 14.3 Å². The topological polar surface area (TPSA) is 55.4 Å². The Kier molecular flexibility index (Phi) is 5.72. The highest BCUT2D eigenvalue weighted by Crippen LogP contribution is 2.26. The molecule has 116 valence electrons. The molecule has 0 bridgehead atoms. The van der Waals surface area contributed by atoms with Crippen LogP contribution in [0, 0.1) is 0 Å². The summed E-state index contributed by atoms with van der Waals surface area (Å²) in [5, 5.41) is 4.60. The third-order valence-corrected chi connectivity index (χ3v) is 4.28. The Hall–Kier alpha value is -2.14. The molecule has 0 aliphatic rings. The van der Waals surface area contributed by atoms with Crippen molar-refractivity contribution in [2.45, 2.75) is 26.2 Å². The van der Waals surface area contributed by atoms with E-state index >= 15 is 0 Å². The van der Waals surface area contributed by atoms with Crippen molar-refractivity contribution in [2.75, 3.05) is 11.9 Å². The summed E-state index contributed by atoms with van der Waals surface area (Å²) < 4.78 is 5.01. The van der Waals surface area contributed by atoms with Gasteiger partial charge in [-0.2, -0.15) is 0 Å². The van der Waals surface area contributed by atoms with Gasteiger partial charge in [0.25, 0.3) is 5.91 Å². The lowest BCUT2D eigenvalue weighted by Gasteiger charge is -2.15. The average molecular weight is 317 g/mol. The number of rotatable bonds is 6. The Morgan fingerprint density at radius 2 is 2.00 bits per heavy atom. The molecule has 0 aliphatic heterocycles. The first-order valence-electron chi connectivity index (χ1n) is 7.21. The summed E-state index contributed by atoms with van der Waals surface area (Å²) in [7, 11) is 0. The molecule has 0 fully saturated rings. The molecular weight excluding hydrogens is 298 g/mol. The fourth-order valence-electron chi connectivity index (χ4n) is 2.04. The van der Waals surface area contributed by atoms with Crippen LogP contribution >= 0.6 is 11.3 Å². The van der Waals surface area contributed by atoms with E-state index in [0.29, 0.717) is 10.8 Å². The number of hydrogen-bond acceptors (Lipinski definition) is 4. The molecule has 0 spiro atoms. The fourth-order valence-corrected chi connectivity index (χ4v) is 2.66. The minimum atomic E-state index is -0.472. The molecule has 0 radical (unpaired) electrons. The van der Waals surface area contributed by atoms with Gasteiger partial charge in [0.15, 0.2) is 6.61 Å². The van der Waals surface area contributed by atoms with Crippen molar-refractivity contribution in [2.24, 2.45) is 0 Å². The number of thiophene rings is 1. The van der Waals surface area contributed by atoms with E-state index in [4.69, 9.17) is 4.74 Å². The maximum Gasteiger partial charge on any atom is 0.348 e. The average Bonchev–Trinajstić information content (AvgIpc) is 3.07. The highest BCUT2D eigenvalue weighted by Gasteiger charge is 2.13. The molecule has 1 aromatic carbocycles. The smallest absolute Gasteiger partial charge is 0.348 e. The van der Waals surface area contributed by atoms with Crippen LogP contribution in [-0.2, 0) is 9.53 Å². The Morgan fingerprint density at radius 3 is 2.68 bits per heavy atom. The standard InChI is InChI=1S/C17H19NO3S/c1-3-12(2)13-7-4-5-8-14(13)18-16(19)11-21-17(20)15-9-6-10-22-15/h4-10,12H,3,11H2,1-2H3,(H,18,19). The summed E-state index contributed by atoms with van der Waals surface area (Å²) in [6.07, 6.45) is 0.986.